The number of halogens is 2. The number of amides is 1. The fraction of sp³-hybridized carbons (Fsp3) is 0.185. The van der Waals surface area contributed by atoms with Crippen molar-refractivity contribution in [2.24, 2.45) is 0 Å². The van der Waals surface area contributed by atoms with Crippen molar-refractivity contribution in [2.75, 3.05) is 5.32 Å². The number of benzene rings is 3. The zero-order valence-electron chi connectivity index (χ0n) is 19.2. The number of rotatable bonds is 7. The van der Waals surface area contributed by atoms with Crippen molar-refractivity contribution in [3.63, 3.8) is 0 Å². The summed E-state index contributed by atoms with van der Waals surface area (Å²) in [5, 5.41) is 8.86. The van der Waals surface area contributed by atoms with E-state index in [1.54, 1.807) is 12.1 Å². The van der Waals surface area contributed by atoms with Crippen molar-refractivity contribution >= 4 is 34.8 Å². The van der Waals surface area contributed by atoms with Gasteiger partial charge in [0.1, 0.15) is 12.4 Å². The van der Waals surface area contributed by atoms with Gasteiger partial charge < -0.3 is 10.1 Å². The van der Waals surface area contributed by atoms with E-state index in [9.17, 15) is 4.79 Å². The molecule has 4 aromatic rings. The normalized spacial score (nSPS) is 10.9. The smallest absolute Gasteiger partial charge is 0.255 e. The fourth-order valence-electron chi connectivity index (χ4n) is 3.66. The van der Waals surface area contributed by atoms with Crippen LogP contribution in [0.25, 0.3) is 0 Å². The first-order valence-corrected chi connectivity index (χ1v) is 11.6. The Morgan fingerprint density at radius 1 is 0.971 bits per heavy atom. The van der Waals surface area contributed by atoms with Crippen LogP contribution in [0.2, 0.25) is 10.0 Å². The maximum Gasteiger partial charge on any atom is 0.255 e. The molecule has 0 aliphatic rings. The second-order valence-corrected chi connectivity index (χ2v) is 9.05. The van der Waals surface area contributed by atoms with Crippen LogP contribution < -0.4 is 10.1 Å². The number of aromatic nitrogens is 2. The van der Waals surface area contributed by atoms with Gasteiger partial charge in [-0.05, 0) is 73.9 Å². The molecule has 0 aliphatic heterocycles. The molecule has 0 spiro atoms. The van der Waals surface area contributed by atoms with Gasteiger partial charge in [0, 0.05) is 10.6 Å². The Labute approximate surface area is 209 Å². The highest BCUT2D eigenvalue weighted by atomic mass is 35.5. The predicted octanol–water partition coefficient (Wildman–Crippen LogP) is 6.99. The third-order valence-corrected chi connectivity index (χ3v) is 6.09. The Morgan fingerprint density at radius 3 is 2.47 bits per heavy atom. The summed E-state index contributed by atoms with van der Waals surface area (Å²) in [5.74, 6) is 0.451. The van der Waals surface area contributed by atoms with E-state index in [4.69, 9.17) is 27.9 Å². The van der Waals surface area contributed by atoms with Crippen molar-refractivity contribution < 1.29 is 9.53 Å². The van der Waals surface area contributed by atoms with Crippen LogP contribution in [0, 0.1) is 20.8 Å². The van der Waals surface area contributed by atoms with Crippen molar-refractivity contribution in [3.8, 4) is 5.75 Å². The lowest BCUT2D eigenvalue weighted by atomic mass is 10.1. The number of anilines is 1. The van der Waals surface area contributed by atoms with E-state index in [-0.39, 0.29) is 5.91 Å². The molecule has 1 N–H and O–H groups in total. The van der Waals surface area contributed by atoms with Crippen LogP contribution in [0.5, 0.6) is 5.75 Å². The quantitative estimate of drug-likeness (QED) is 0.301. The molecule has 1 amide bonds. The van der Waals surface area contributed by atoms with Crippen LogP contribution >= 0.6 is 23.2 Å². The monoisotopic (exact) mass is 493 g/mol. The largest absolute Gasteiger partial charge is 0.487 e. The van der Waals surface area contributed by atoms with Crippen LogP contribution in [-0.4, -0.2) is 15.7 Å². The zero-order valence-corrected chi connectivity index (χ0v) is 20.7. The lowest BCUT2D eigenvalue weighted by Gasteiger charge is -2.10. The number of carbonyl (C=O) groups excluding carboxylic acids is 1. The van der Waals surface area contributed by atoms with Gasteiger partial charge in [-0.15, -0.1) is 0 Å². The van der Waals surface area contributed by atoms with Gasteiger partial charge in [-0.2, -0.15) is 5.10 Å². The zero-order chi connectivity index (χ0) is 24.2. The van der Waals surface area contributed by atoms with Crippen molar-refractivity contribution in [2.45, 2.75) is 33.9 Å². The second-order valence-electron chi connectivity index (χ2n) is 8.21. The van der Waals surface area contributed by atoms with E-state index < -0.39 is 0 Å². The highest BCUT2D eigenvalue weighted by molar-refractivity contribution is 6.32. The van der Waals surface area contributed by atoms with Crippen LogP contribution in [0.1, 0.15) is 38.4 Å². The molecule has 7 heteroatoms. The van der Waals surface area contributed by atoms with Crippen LogP contribution in [0.15, 0.2) is 66.7 Å². The summed E-state index contributed by atoms with van der Waals surface area (Å²) in [6, 6.07) is 20.6. The SMILES string of the molecule is Cc1ccc(Cl)c(OCc2ccc(C(=O)Nc3c(C)nn(Cc4cccc(Cl)c4)c3C)cc2)c1. The molecule has 0 aliphatic carbocycles. The van der Waals surface area contributed by atoms with E-state index in [1.165, 1.54) is 0 Å². The first kappa shape index (κ1) is 23.9. The van der Waals surface area contributed by atoms with E-state index in [1.807, 2.05) is 80.1 Å². The average molecular weight is 494 g/mol. The molecule has 0 radical (unpaired) electrons. The summed E-state index contributed by atoms with van der Waals surface area (Å²) in [4.78, 5) is 12.9. The molecule has 0 saturated carbocycles. The molecule has 174 valence electrons. The van der Waals surface area contributed by atoms with Gasteiger partial charge in [0.2, 0.25) is 0 Å². The molecule has 34 heavy (non-hydrogen) atoms. The number of ether oxygens (including phenoxy) is 1. The lowest BCUT2D eigenvalue weighted by molar-refractivity contribution is 0.102. The highest BCUT2D eigenvalue weighted by Gasteiger charge is 2.16. The molecule has 0 unspecified atom stereocenters. The Bertz CT molecular complexity index is 1330. The molecule has 4 rings (SSSR count). The number of hydrogen-bond donors (Lipinski definition) is 1. The molecule has 3 aromatic carbocycles. The van der Waals surface area contributed by atoms with E-state index >= 15 is 0 Å². The molecular formula is C27H25Cl2N3O2. The number of aryl methyl sites for hydroxylation is 2. The van der Waals surface area contributed by atoms with Gasteiger partial charge in [-0.3, -0.25) is 9.48 Å². The topological polar surface area (TPSA) is 56.1 Å². The van der Waals surface area contributed by atoms with Gasteiger partial charge in [0.15, 0.2) is 0 Å². The fourth-order valence-corrected chi connectivity index (χ4v) is 4.05. The van der Waals surface area contributed by atoms with Gasteiger partial charge in [-0.1, -0.05) is 53.5 Å². The van der Waals surface area contributed by atoms with Gasteiger partial charge >= 0.3 is 0 Å². The number of carbonyl (C=O) groups is 1. The molecule has 0 atom stereocenters. The maximum atomic E-state index is 12.9. The van der Waals surface area contributed by atoms with E-state index in [0.717, 1.165) is 28.1 Å². The molecule has 1 heterocycles. The molecule has 0 bridgehead atoms. The lowest BCUT2D eigenvalue weighted by Crippen LogP contribution is -2.13. The van der Waals surface area contributed by atoms with Crippen LogP contribution in [-0.2, 0) is 13.2 Å². The van der Waals surface area contributed by atoms with Crippen molar-refractivity contribution in [1.29, 1.82) is 0 Å². The van der Waals surface area contributed by atoms with Crippen LogP contribution in [0.3, 0.4) is 0 Å². The average Bonchev–Trinajstić information content (AvgIpc) is 3.07. The Kier molecular flexibility index (Phi) is 7.25. The van der Waals surface area contributed by atoms with Crippen molar-refractivity contribution in [1.82, 2.24) is 9.78 Å². The minimum absolute atomic E-state index is 0.192. The minimum atomic E-state index is -0.192. The van der Waals surface area contributed by atoms with Crippen LogP contribution in [0.4, 0.5) is 5.69 Å². The molecule has 5 nitrogen and oxygen atoms in total. The first-order chi connectivity index (χ1) is 16.3. The highest BCUT2D eigenvalue weighted by Crippen LogP contribution is 2.26. The summed E-state index contributed by atoms with van der Waals surface area (Å²) in [6.07, 6.45) is 0. The number of nitrogens with zero attached hydrogens (tertiary/aromatic N) is 2. The van der Waals surface area contributed by atoms with Gasteiger partial charge in [0.25, 0.3) is 5.91 Å². The van der Waals surface area contributed by atoms with E-state index in [0.29, 0.717) is 40.2 Å². The van der Waals surface area contributed by atoms with Crippen molar-refractivity contribution in [3.05, 3.63) is 110 Å². The number of nitrogens with one attached hydrogen (secondary N) is 1. The maximum absolute atomic E-state index is 12.9. The molecule has 0 saturated heterocycles. The predicted molar refractivity (Wildman–Crippen MR) is 137 cm³/mol. The molecule has 0 fully saturated rings. The van der Waals surface area contributed by atoms with E-state index in [2.05, 4.69) is 10.4 Å². The Morgan fingerprint density at radius 2 is 1.74 bits per heavy atom. The standard InChI is InChI=1S/C27H25Cl2N3O2/c1-17-7-12-24(29)25(13-17)34-16-20-8-10-22(11-9-20)27(33)30-26-18(2)31-32(19(26)3)15-21-5-4-6-23(28)14-21/h4-14H,15-16H2,1-3H3,(H,30,33). The summed E-state index contributed by atoms with van der Waals surface area (Å²) in [5.41, 5.74) is 5.97. The second kappa shape index (κ2) is 10.3. The third-order valence-electron chi connectivity index (χ3n) is 5.54. The Hall–Kier alpha value is -3.28. The Balaban J connectivity index is 1.41. The first-order valence-electron chi connectivity index (χ1n) is 10.9. The van der Waals surface area contributed by atoms with Gasteiger partial charge in [-0.25, -0.2) is 0 Å². The molecular weight excluding hydrogens is 469 g/mol. The number of hydrogen-bond acceptors (Lipinski definition) is 3. The molecule has 1 aromatic heterocycles. The summed E-state index contributed by atoms with van der Waals surface area (Å²) in [6.45, 7) is 6.74. The summed E-state index contributed by atoms with van der Waals surface area (Å²) < 4.78 is 7.71. The third kappa shape index (κ3) is 5.61. The van der Waals surface area contributed by atoms with Gasteiger partial charge in [0.05, 0.1) is 28.6 Å². The summed E-state index contributed by atoms with van der Waals surface area (Å²) in [7, 11) is 0. The summed E-state index contributed by atoms with van der Waals surface area (Å²) >= 11 is 12.3. The minimum Gasteiger partial charge on any atom is -0.487 e.